The third-order valence-corrected chi connectivity index (χ3v) is 3.44. The fourth-order valence-corrected chi connectivity index (χ4v) is 2.23. The summed E-state index contributed by atoms with van der Waals surface area (Å²) in [5, 5.41) is 0. The van der Waals surface area contributed by atoms with Crippen LogP contribution in [-0.2, 0) is 0 Å². The van der Waals surface area contributed by atoms with Crippen molar-refractivity contribution < 1.29 is 40.5 Å². The van der Waals surface area contributed by atoms with Crippen molar-refractivity contribution in [2.45, 2.75) is 0 Å². The number of hydrogen-bond acceptors (Lipinski definition) is 2. The Hall–Kier alpha value is -2.17. The Balaban J connectivity index is 0.000000490. The van der Waals surface area contributed by atoms with Crippen LogP contribution in [0, 0.1) is 0 Å². The molecular weight excluding hydrogens is 375 g/mol. The second-order valence-electron chi connectivity index (χ2n) is 5.46. The molecule has 4 aromatic carbocycles. The molecule has 0 atom stereocenters. The maximum atomic E-state index is 5.58. The van der Waals surface area contributed by atoms with Gasteiger partial charge < -0.3 is 10.9 Å². The van der Waals surface area contributed by atoms with E-state index in [1.807, 2.05) is 121 Å². The smallest absolute Gasteiger partial charge is 1.00 e. The molecule has 0 heterocycles. The largest absolute Gasteiger partial charge is 1.00 e. The van der Waals surface area contributed by atoms with Crippen LogP contribution in [0.5, 0.6) is 23.0 Å². The summed E-state index contributed by atoms with van der Waals surface area (Å²) in [6, 6.07) is 39.0. The van der Waals surface area contributed by atoms with E-state index in [4.69, 9.17) is 9.47 Å². The molecule has 4 rings (SSSR count). The van der Waals surface area contributed by atoms with E-state index in [-0.39, 0.29) is 44.5 Å². The van der Waals surface area contributed by atoms with Crippen molar-refractivity contribution in [3.8, 4) is 23.0 Å². The number of para-hydroxylation sites is 4. The summed E-state index contributed by atoms with van der Waals surface area (Å²) < 4.78 is 11.2. The Bertz CT molecular complexity index is 727. The van der Waals surface area contributed by atoms with Gasteiger partial charge in [-0.25, -0.2) is 0 Å². The molecule has 0 radical (unpaired) electrons. The third kappa shape index (κ3) is 8.68. The van der Waals surface area contributed by atoms with Crippen LogP contribution in [0.25, 0.3) is 0 Å². The van der Waals surface area contributed by atoms with Crippen molar-refractivity contribution >= 4 is 13.5 Å². The third-order valence-electron chi connectivity index (χ3n) is 3.44. The maximum Gasteiger partial charge on any atom is 1.00 e. The van der Waals surface area contributed by atoms with Crippen LogP contribution in [0.4, 0.5) is 0 Å². The van der Waals surface area contributed by atoms with Crippen molar-refractivity contribution in [1.82, 2.24) is 0 Å². The maximum absolute atomic E-state index is 5.58. The van der Waals surface area contributed by atoms with Gasteiger partial charge in [0.15, 0.2) is 0 Å². The molecule has 0 N–H and O–H groups in total. The van der Waals surface area contributed by atoms with Crippen molar-refractivity contribution in [2.24, 2.45) is 0 Å². The van der Waals surface area contributed by atoms with E-state index in [2.05, 4.69) is 0 Å². The molecule has 0 saturated carbocycles. The van der Waals surface area contributed by atoms with Crippen LogP contribution in [0.2, 0.25) is 0 Å². The molecule has 0 aliphatic rings. The van der Waals surface area contributed by atoms with Crippen molar-refractivity contribution in [3.05, 3.63) is 121 Å². The zero-order valence-corrected chi connectivity index (χ0v) is 18.9. The van der Waals surface area contributed by atoms with E-state index in [9.17, 15) is 0 Å². The molecule has 28 heavy (non-hydrogen) atoms. The van der Waals surface area contributed by atoms with Crippen LogP contribution in [0.3, 0.4) is 0 Å². The SMILES string of the molecule is S.[H-].[Na+].c1ccc(Oc2ccccc2)cc1.c1ccc(Oc2ccccc2)cc1. The molecule has 0 aromatic heterocycles. The normalized spacial score (nSPS) is 8.86. The molecule has 0 aliphatic carbocycles. The van der Waals surface area contributed by atoms with Gasteiger partial charge in [0.1, 0.15) is 23.0 Å². The predicted molar refractivity (Wildman–Crippen MR) is 117 cm³/mol. The Morgan fingerprint density at radius 2 is 0.536 bits per heavy atom. The first-order valence-electron chi connectivity index (χ1n) is 8.46. The summed E-state index contributed by atoms with van der Waals surface area (Å²) >= 11 is 0. The van der Waals surface area contributed by atoms with E-state index in [1.165, 1.54) is 0 Å². The molecule has 138 valence electrons. The van der Waals surface area contributed by atoms with Gasteiger partial charge in [0.05, 0.1) is 0 Å². The first-order chi connectivity index (χ1) is 12.9. The van der Waals surface area contributed by atoms with Gasteiger partial charge in [-0.1, -0.05) is 72.8 Å². The summed E-state index contributed by atoms with van der Waals surface area (Å²) in [7, 11) is 0. The monoisotopic (exact) mass is 398 g/mol. The van der Waals surface area contributed by atoms with Crippen LogP contribution in [-0.4, -0.2) is 0 Å². The first-order valence-corrected chi connectivity index (χ1v) is 8.46. The van der Waals surface area contributed by atoms with Crippen molar-refractivity contribution in [1.29, 1.82) is 0 Å². The van der Waals surface area contributed by atoms with Crippen LogP contribution in [0.1, 0.15) is 1.43 Å². The second-order valence-corrected chi connectivity index (χ2v) is 5.46. The molecule has 0 fully saturated rings. The Labute approximate surface area is 197 Å². The quantitative estimate of drug-likeness (QED) is 0.480. The molecule has 4 heteroatoms. The number of rotatable bonds is 4. The number of hydrogen-bond donors (Lipinski definition) is 0. The average molecular weight is 399 g/mol. The zero-order chi connectivity index (χ0) is 17.9. The average Bonchev–Trinajstić information content (AvgIpc) is 2.72. The molecule has 0 aliphatic heterocycles. The molecular formula is C24H23NaO2S. The van der Waals surface area contributed by atoms with Gasteiger partial charge in [0, 0.05) is 0 Å². The Kier molecular flexibility index (Phi) is 11.9. The minimum atomic E-state index is 0. The van der Waals surface area contributed by atoms with Crippen LogP contribution >= 0.6 is 13.5 Å². The predicted octanol–water partition coefficient (Wildman–Crippen LogP) is 4.19. The topological polar surface area (TPSA) is 18.5 Å². The minimum Gasteiger partial charge on any atom is -1.00 e. The van der Waals surface area contributed by atoms with Crippen molar-refractivity contribution in [2.75, 3.05) is 0 Å². The van der Waals surface area contributed by atoms with Gasteiger partial charge in [-0.2, -0.15) is 13.5 Å². The van der Waals surface area contributed by atoms with Crippen LogP contribution in [0.15, 0.2) is 121 Å². The molecule has 0 amide bonds. The zero-order valence-electron chi connectivity index (χ0n) is 16.9. The molecule has 0 spiro atoms. The summed E-state index contributed by atoms with van der Waals surface area (Å²) in [6.07, 6.45) is 0. The molecule has 0 bridgehead atoms. The molecule has 4 aromatic rings. The van der Waals surface area contributed by atoms with Gasteiger partial charge in [-0.3, -0.25) is 0 Å². The van der Waals surface area contributed by atoms with Gasteiger partial charge >= 0.3 is 29.6 Å². The molecule has 0 saturated heterocycles. The van der Waals surface area contributed by atoms with Gasteiger partial charge in [-0.05, 0) is 48.5 Å². The van der Waals surface area contributed by atoms with E-state index >= 15 is 0 Å². The van der Waals surface area contributed by atoms with Crippen molar-refractivity contribution in [3.63, 3.8) is 0 Å². The summed E-state index contributed by atoms with van der Waals surface area (Å²) in [4.78, 5) is 0. The Morgan fingerprint density at radius 3 is 0.714 bits per heavy atom. The Morgan fingerprint density at radius 1 is 0.357 bits per heavy atom. The summed E-state index contributed by atoms with van der Waals surface area (Å²) in [5.41, 5.74) is 0. The van der Waals surface area contributed by atoms with E-state index in [0.717, 1.165) is 23.0 Å². The minimum absolute atomic E-state index is 0. The van der Waals surface area contributed by atoms with Gasteiger partial charge in [-0.15, -0.1) is 0 Å². The van der Waals surface area contributed by atoms with E-state index in [1.54, 1.807) is 0 Å². The molecule has 2 nitrogen and oxygen atoms in total. The van der Waals surface area contributed by atoms with E-state index < -0.39 is 0 Å². The standard InChI is InChI=1S/2C12H10O.Na.H2S.H/c2*1-3-7-11(8-4-1)13-12-9-5-2-6-10-12;;;/h2*1-10H;;1H2;/q;;+1;;-1. The van der Waals surface area contributed by atoms with Gasteiger partial charge in [0.25, 0.3) is 0 Å². The fourth-order valence-electron chi connectivity index (χ4n) is 2.23. The van der Waals surface area contributed by atoms with E-state index in [0.29, 0.717) is 0 Å². The summed E-state index contributed by atoms with van der Waals surface area (Å²) in [6.45, 7) is 0. The molecule has 0 unspecified atom stereocenters. The fraction of sp³-hybridized carbons (Fsp3) is 0. The number of ether oxygens (including phenoxy) is 2. The first kappa shape index (κ1) is 23.9. The van der Waals surface area contributed by atoms with Gasteiger partial charge in [0.2, 0.25) is 0 Å². The van der Waals surface area contributed by atoms with Crippen LogP contribution < -0.4 is 39.0 Å². The summed E-state index contributed by atoms with van der Waals surface area (Å²) in [5.74, 6) is 3.48. The second kappa shape index (κ2) is 13.9. The number of benzene rings is 4.